The third kappa shape index (κ3) is 5.58. The molecule has 2 aromatic carbocycles. The van der Waals surface area contributed by atoms with Crippen LogP contribution in [0.5, 0.6) is 5.75 Å². The van der Waals surface area contributed by atoms with Gasteiger partial charge in [0.2, 0.25) is 0 Å². The minimum Gasteiger partial charge on any atom is -0.483 e. The lowest BCUT2D eigenvalue weighted by Crippen LogP contribution is -2.22. The van der Waals surface area contributed by atoms with E-state index in [0.717, 1.165) is 32.4 Å². The topological polar surface area (TPSA) is 38.3 Å². The number of benzene rings is 2. The van der Waals surface area contributed by atoms with Crippen molar-refractivity contribution in [2.45, 2.75) is 39.5 Å². The van der Waals surface area contributed by atoms with Gasteiger partial charge in [0.05, 0.1) is 5.69 Å². The van der Waals surface area contributed by atoms with Crippen LogP contribution in [0.25, 0.3) is 0 Å². The Balaban J connectivity index is 2.06. The van der Waals surface area contributed by atoms with E-state index in [4.69, 9.17) is 4.74 Å². The summed E-state index contributed by atoms with van der Waals surface area (Å²) in [5, 5.41) is 2.88. The van der Waals surface area contributed by atoms with Crippen molar-refractivity contribution in [3.05, 3.63) is 56.5 Å². The van der Waals surface area contributed by atoms with Gasteiger partial charge in [-0.3, -0.25) is 4.79 Å². The van der Waals surface area contributed by atoms with E-state index in [9.17, 15) is 4.79 Å². The van der Waals surface area contributed by atoms with Crippen LogP contribution in [0.2, 0.25) is 0 Å². The molecule has 0 radical (unpaired) electrons. The number of nitrogens with one attached hydrogen (secondary N) is 1. The molecule has 0 atom stereocenters. The molecule has 0 unspecified atom stereocenters. The van der Waals surface area contributed by atoms with Crippen molar-refractivity contribution < 1.29 is 9.53 Å². The van der Waals surface area contributed by atoms with E-state index in [-0.39, 0.29) is 17.9 Å². The molecule has 2 aromatic rings. The Morgan fingerprint density at radius 3 is 2.44 bits per heavy atom. The fourth-order valence-corrected chi connectivity index (χ4v) is 3.31. The molecule has 5 heteroatoms. The van der Waals surface area contributed by atoms with Crippen LogP contribution >= 0.6 is 31.9 Å². The number of amides is 1. The summed E-state index contributed by atoms with van der Waals surface area (Å²) >= 11 is 6.99. The third-order valence-electron chi connectivity index (χ3n) is 3.82. The van der Waals surface area contributed by atoms with Gasteiger partial charge in [-0.1, -0.05) is 49.7 Å². The third-order valence-corrected chi connectivity index (χ3v) is 4.97. The lowest BCUT2D eigenvalue weighted by molar-refractivity contribution is -0.118. The summed E-state index contributed by atoms with van der Waals surface area (Å²) in [6.45, 7) is 8.42. The lowest BCUT2D eigenvalue weighted by atomic mass is 9.86. The minimum absolute atomic E-state index is 0.0350. The fourth-order valence-electron chi connectivity index (χ4n) is 2.42. The summed E-state index contributed by atoms with van der Waals surface area (Å²) < 4.78 is 7.66. The Bertz CT molecular complexity index is 767. The summed E-state index contributed by atoms with van der Waals surface area (Å²) in [5.41, 5.74) is 2.95. The fraction of sp³-hybridized carbons (Fsp3) is 0.350. The van der Waals surface area contributed by atoms with Crippen LogP contribution in [0.4, 0.5) is 5.69 Å². The van der Waals surface area contributed by atoms with Gasteiger partial charge in [-0.2, -0.15) is 0 Å². The number of halogens is 2. The molecule has 0 fully saturated rings. The van der Waals surface area contributed by atoms with E-state index in [2.05, 4.69) is 64.9 Å². The number of carbonyl (C=O) groups excluding carboxylic acids is 1. The predicted octanol–water partition coefficient (Wildman–Crippen LogP) is 6.09. The summed E-state index contributed by atoms with van der Waals surface area (Å²) in [5.74, 6) is 0.541. The first-order valence-corrected chi connectivity index (χ1v) is 9.80. The van der Waals surface area contributed by atoms with E-state index in [1.165, 1.54) is 5.56 Å². The maximum atomic E-state index is 12.3. The maximum absolute atomic E-state index is 12.3. The zero-order valence-electron chi connectivity index (χ0n) is 15.0. The van der Waals surface area contributed by atoms with Crippen molar-refractivity contribution >= 4 is 43.5 Å². The number of ether oxygens (including phenoxy) is 1. The van der Waals surface area contributed by atoms with Gasteiger partial charge in [0.1, 0.15) is 5.75 Å². The van der Waals surface area contributed by atoms with Gasteiger partial charge < -0.3 is 10.1 Å². The molecule has 1 amide bonds. The van der Waals surface area contributed by atoms with Gasteiger partial charge in [-0.15, -0.1) is 0 Å². The second-order valence-electron chi connectivity index (χ2n) is 6.90. The monoisotopic (exact) mass is 467 g/mol. The molecule has 0 aromatic heterocycles. The van der Waals surface area contributed by atoms with Crippen LogP contribution in [0, 0.1) is 0 Å². The van der Waals surface area contributed by atoms with E-state index < -0.39 is 0 Å². The van der Waals surface area contributed by atoms with Crippen LogP contribution in [0.1, 0.15) is 38.8 Å². The Morgan fingerprint density at radius 1 is 1.12 bits per heavy atom. The highest BCUT2D eigenvalue weighted by atomic mass is 79.9. The van der Waals surface area contributed by atoms with Crippen LogP contribution in [-0.2, 0) is 16.6 Å². The molecule has 0 aliphatic rings. The maximum Gasteiger partial charge on any atom is 0.262 e. The Morgan fingerprint density at radius 2 is 1.84 bits per heavy atom. The largest absolute Gasteiger partial charge is 0.483 e. The summed E-state index contributed by atoms with van der Waals surface area (Å²) in [4.78, 5) is 12.3. The van der Waals surface area contributed by atoms with E-state index in [0.29, 0.717) is 0 Å². The van der Waals surface area contributed by atoms with Crippen molar-refractivity contribution in [2.24, 2.45) is 0 Å². The Kier molecular flexibility index (Phi) is 6.69. The van der Waals surface area contributed by atoms with E-state index >= 15 is 0 Å². The van der Waals surface area contributed by atoms with Crippen molar-refractivity contribution in [1.29, 1.82) is 0 Å². The molecule has 0 spiro atoms. The molecule has 1 N–H and O–H groups in total. The van der Waals surface area contributed by atoms with Gasteiger partial charge in [0.25, 0.3) is 5.91 Å². The van der Waals surface area contributed by atoms with Crippen LogP contribution in [-0.4, -0.2) is 12.5 Å². The SMILES string of the molecule is CCc1ccc(NC(=O)COc2ccc(Br)cc2C(C)(C)C)c(Br)c1. The zero-order chi connectivity index (χ0) is 18.6. The standard InChI is InChI=1S/C20H23Br2NO2/c1-5-13-6-8-17(16(22)10-13)23-19(24)12-25-18-9-7-14(21)11-15(18)20(2,3)4/h6-11H,5,12H2,1-4H3,(H,23,24). The number of carbonyl (C=O) groups is 1. The number of anilines is 1. The summed E-state index contributed by atoms with van der Waals surface area (Å²) in [7, 11) is 0. The first-order valence-electron chi connectivity index (χ1n) is 8.22. The molecular formula is C20H23Br2NO2. The molecule has 2 rings (SSSR count). The summed E-state index contributed by atoms with van der Waals surface area (Å²) in [6.07, 6.45) is 0.953. The van der Waals surface area contributed by atoms with Gasteiger partial charge >= 0.3 is 0 Å². The molecule has 0 aliphatic carbocycles. The molecule has 134 valence electrons. The second-order valence-corrected chi connectivity index (χ2v) is 8.67. The minimum atomic E-state index is -0.187. The number of hydrogen-bond acceptors (Lipinski definition) is 2. The zero-order valence-corrected chi connectivity index (χ0v) is 18.1. The smallest absolute Gasteiger partial charge is 0.262 e. The number of rotatable bonds is 5. The van der Waals surface area contributed by atoms with E-state index in [1.54, 1.807) is 0 Å². The summed E-state index contributed by atoms with van der Waals surface area (Å²) in [6, 6.07) is 11.8. The first-order chi connectivity index (χ1) is 11.7. The lowest BCUT2D eigenvalue weighted by Gasteiger charge is -2.23. The van der Waals surface area contributed by atoms with Gasteiger partial charge in [0.15, 0.2) is 6.61 Å². The first kappa shape index (κ1) is 20.0. The molecule has 25 heavy (non-hydrogen) atoms. The van der Waals surface area contributed by atoms with Crippen molar-refractivity contribution in [1.82, 2.24) is 0 Å². The van der Waals surface area contributed by atoms with E-state index in [1.807, 2.05) is 36.4 Å². The van der Waals surface area contributed by atoms with Crippen LogP contribution < -0.4 is 10.1 Å². The molecular weight excluding hydrogens is 446 g/mol. The normalized spacial score (nSPS) is 11.3. The number of hydrogen-bond donors (Lipinski definition) is 1. The van der Waals surface area contributed by atoms with Gasteiger partial charge in [-0.25, -0.2) is 0 Å². The van der Waals surface area contributed by atoms with Crippen molar-refractivity contribution in [3.63, 3.8) is 0 Å². The van der Waals surface area contributed by atoms with Gasteiger partial charge in [-0.05, 0) is 63.7 Å². The quantitative estimate of drug-likeness (QED) is 0.576. The van der Waals surface area contributed by atoms with Gasteiger partial charge in [0, 0.05) is 14.5 Å². The average Bonchev–Trinajstić information content (AvgIpc) is 2.54. The molecule has 3 nitrogen and oxygen atoms in total. The molecule has 0 aliphatic heterocycles. The highest BCUT2D eigenvalue weighted by Crippen LogP contribution is 2.33. The Hall–Kier alpha value is -1.33. The second kappa shape index (κ2) is 8.37. The van der Waals surface area contributed by atoms with Crippen LogP contribution in [0.3, 0.4) is 0 Å². The highest BCUT2D eigenvalue weighted by molar-refractivity contribution is 9.10. The highest BCUT2D eigenvalue weighted by Gasteiger charge is 2.20. The van der Waals surface area contributed by atoms with Crippen molar-refractivity contribution in [2.75, 3.05) is 11.9 Å². The average molecular weight is 469 g/mol. The van der Waals surface area contributed by atoms with Crippen molar-refractivity contribution in [3.8, 4) is 5.75 Å². The molecule has 0 saturated carbocycles. The molecule has 0 heterocycles. The Labute approximate surface area is 166 Å². The predicted molar refractivity (Wildman–Crippen MR) is 110 cm³/mol. The molecule has 0 bridgehead atoms. The number of aryl methyl sites for hydroxylation is 1. The van der Waals surface area contributed by atoms with Crippen LogP contribution in [0.15, 0.2) is 45.3 Å². The molecule has 0 saturated heterocycles.